The number of aryl methyl sites for hydroxylation is 2. The van der Waals surface area contributed by atoms with Crippen molar-refractivity contribution in [2.45, 2.75) is 129 Å². The summed E-state index contributed by atoms with van der Waals surface area (Å²) < 4.78 is 129. The second-order valence-electron chi connectivity index (χ2n) is 17.1. The molecular weight excluding hydrogens is 914 g/mol. The zero-order chi connectivity index (χ0) is 49.1. The van der Waals surface area contributed by atoms with Crippen molar-refractivity contribution in [1.29, 1.82) is 0 Å². The molecule has 2 aliphatic rings. The number of rotatable bonds is 18. The lowest BCUT2D eigenvalue weighted by Crippen LogP contribution is -2.16. The van der Waals surface area contributed by atoms with Gasteiger partial charge in [-0.25, -0.2) is 4.39 Å². The summed E-state index contributed by atoms with van der Waals surface area (Å²) in [6.07, 6.45) is -1.44. The van der Waals surface area contributed by atoms with Crippen LogP contribution in [0.5, 0.6) is 23.0 Å². The van der Waals surface area contributed by atoms with E-state index in [0.717, 1.165) is 80.1 Å². The van der Waals surface area contributed by atoms with E-state index in [4.69, 9.17) is 28.4 Å². The highest BCUT2D eigenvalue weighted by atomic mass is 19.4. The zero-order valence-electron chi connectivity index (χ0n) is 38.4. The highest BCUT2D eigenvalue weighted by molar-refractivity contribution is 5.83. The number of carbonyl (C=O) groups excluding carboxylic acids is 2. The summed E-state index contributed by atoms with van der Waals surface area (Å²) in [5.41, 5.74) is 1.72. The van der Waals surface area contributed by atoms with Crippen molar-refractivity contribution in [3.8, 4) is 23.0 Å². The molecule has 0 radical (unpaired) electrons. The van der Waals surface area contributed by atoms with E-state index in [9.17, 15) is 40.3 Å². The Morgan fingerprint density at radius 1 is 0.594 bits per heavy atom. The fraction of sp³-hybridized carbons (Fsp3) is 0.423. The molecule has 0 spiro atoms. The summed E-state index contributed by atoms with van der Waals surface area (Å²) in [4.78, 5) is 29.3. The maximum Gasteiger partial charge on any atom is 0.419 e. The molecular formula is C52H55F7N2O8. The molecule has 2 fully saturated rings. The number of halogens is 7. The molecule has 17 heteroatoms. The number of hydrogen-bond donors (Lipinski definition) is 2. The fourth-order valence-corrected chi connectivity index (χ4v) is 8.47. The number of carbonyl (C=O) groups is 2. The topological polar surface area (TPSA) is 121 Å². The zero-order valence-corrected chi connectivity index (χ0v) is 38.4. The number of aromatic nitrogens is 2. The van der Waals surface area contributed by atoms with Gasteiger partial charge < -0.3 is 38.4 Å². The van der Waals surface area contributed by atoms with E-state index >= 15 is 0 Å². The molecule has 8 rings (SSSR count). The van der Waals surface area contributed by atoms with Gasteiger partial charge in [-0.1, -0.05) is 12.1 Å². The smallest absolute Gasteiger partial charge is 0.419 e. The van der Waals surface area contributed by atoms with E-state index < -0.39 is 35.3 Å². The number of nitrogens with one attached hydrogen (secondary N) is 2. The lowest BCUT2D eigenvalue weighted by atomic mass is 10.1. The number of hydrogen-bond acceptors (Lipinski definition) is 8. The van der Waals surface area contributed by atoms with E-state index in [1.54, 1.807) is 44.2 Å². The van der Waals surface area contributed by atoms with Crippen molar-refractivity contribution < 1.29 is 68.7 Å². The van der Waals surface area contributed by atoms with Gasteiger partial charge in [0.25, 0.3) is 0 Å². The van der Waals surface area contributed by atoms with Crippen molar-refractivity contribution in [2.75, 3.05) is 13.2 Å². The first kappa shape index (κ1) is 50.5. The van der Waals surface area contributed by atoms with Gasteiger partial charge in [0.15, 0.2) is 5.82 Å². The van der Waals surface area contributed by atoms with Crippen LogP contribution in [0, 0.1) is 5.82 Å². The third kappa shape index (κ3) is 13.9. The number of benzene rings is 4. The van der Waals surface area contributed by atoms with Gasteiger partial charge in [0.05, 0.1) is 55.1 Å². The average Bonchev–Trinajstić information content (AvgIpc) is 4.16. The summed E-state index contributed by atoms with van der Waals surface area (Å²) in [5.74, 6) is -0.583. The van der Waals surface area contributed by atoms with Gasteiger partial charge >= 0.3 is 24.3 Å². The second kappa shape index (κ2) is 22.8. The maximum atomic E-state index is 14.8. The first-order valence-electron chi connectivity index (χ1n) is 23.3. The molecule has 0 saturated heterocycles. The number of H-pyrrole nitrogens is 2. The van der Waals surface area contributed by atoms with Crippen LogP contribution in [0.15, 0.2) is 78.9 Å². The van der Waals surface area contributed by atoms with Crippen LogP contribution in [0.4, 0.5) is 30.7 Å². The Morgan fingerprint density at radius 2 is 1.09 bits per heavy atom. The van der Waals surface area contributed by atoms with Crippen LogP contribution in [0.2, 0.25) is 0 Å². The molecule has 370 valence electrons. The molecule has 0 unspecified atom stereocenters. The van der Waals surface area contributed by atoms with Crippen molar-refractivity contribution in [2.24, 2.45) is 0 Å². The minimum absolute atomic E-state index is 0.00155. The second-order valence-corrected chi connectivity index (χ2v) is 17.1. The Hall–Kier alpha value is -6.39. The predicted octanol–water partition coefficient (Wildman–Crippen LogP) is 13.3. The largest absolute Gasteiger partial charge is 0.490 e. The highest BCUT2D eigenvalue weighted by Gasteiger charge is 2.37. The Bertz CT molecular complexity index is 2680. The van der Waals surface area contributed by atoms with Crippen LogP contribution in [0.3, 0.4) is 0 Å². The minimum atomic E-state index is -4.56. The first-order chi connectivity index (χ1) is 33.1. The Balaban J connectivity index is 0.000000204. The van der Waals surface area contributed by atoms with Crippen molar-refractivity contribution in [3.63, 3.8) is 0 Å². The molecule has 4 aromatic carbocycles. The van der Waals surface area contributed by atoms with Crippen LogP contribution in [-0.2, 0) is 57.5 Å². The molecule has 2 heterocycles. The standard InChI is InChI=1S/C26H27F4NO4.C26H28F3NO4/c1-2-33-24(32)12-10-22-25(27)19-14-18(8-9-21(19)31-22)34-15-16-7-11-23(20(13-16)26(28,29)30)35-17-5-3-4-6-17;1-2-32-25(31)12-8-19-14-18-15-21(9-10-23(18)30-19)33-16-17-7-11-24(22(13-17)26(27,28)29)34-20-5-3-4-6-20/h7-9,11,13-14,17,31H,2-6,10,12,15H2,1H3;7,9-11,13-15,20,30H,2-6,8,12,16H2,1H3. The summed E-state index contributed by atoms with van der Waals surface area (Å²) in [6.45, 7) is 3.96. The number of aromatic amines is 2. The Labute approximate surface area is 394 Å². The summed E-state index contributed by atoms with van der Waals surface area (Å²) in [5, 5.41) is 1.17. The van der Waals surface area contributed by atoms with E-state index in [1.165, 1.54) is 18.2 Å². The molecule has 0 atom stereocenters. The highest BCUT2D eigenvalue weighted by Crippen LogP contribution is 2.40. The van der Waals surface area contributed by atoms with Crippen molar-refractivity contribution in [3.05, 3.63) is 118 Å². The molecule has 0 bridgehead atoms. The lowest BCUT2D eigenvalue weighted by molar-refractivity contribution is -0.144. The normalized spacial score (nSPS) is 14.4. The van der Waals surface area contributed by atoms with Gasteiger partial charge in [0.1, 0.15) is 36.2 Å². The van der Waals surface area contributed by atoms with Crippen molar-refractivity contribution in [1.82, 2.24) is 9.97 Å². The monoisotopic (exact) mass is 968 g/mol. The quantitative estimate of drug-likeness (QED) is 0.0645. The average molecular weight is 969 g/mol. The summed E-state index contributed by atoms with van der Waals surface area (Å²) >= 11 is 0. The predicted molar refractivity (Wildman–Crippen MR) is 244 cm³/mol. The Kier molecular flexibility index (Phi) is 16.7. The molecule has 0 aliphatic heterocycles. The maximum absolute atomic E-state index is 14.8. The van der Waals surface area contributed by atoms with E-state index in [0.29, 0.717) is 41.2 Å². The van der Waals surface area contributed by atoms with Gasteiger partial charge in [0.2, 0.25) is 0 Å². The molecule has 0 amide bonds. The van der Waals surface area contributed by atoms with Gasteiger partial charge in [-0.3, -0.25) is 9.59 Å². The number of ether oxygens (including phenoxy) is 6. The van der Waals surface area contributed by atoms with E-state index in [1.807, 2.05) is 18.2 Å². The van der Waals surface area contributed by atoms with E-state index in [-0.39, 0.29) is 79.8 Å². The van der Waals surface area contributed by atoms with Crippen LogP contribution in [0.25, 0.3) is 21.8 Å². The van der Waals surface area contributed by atoms with Crippen LogP contribution in [-0.4, -0.2) is 47.3 Å². The van der Waals surface area contributed by atoms with Gasteiger partial charge in [-0.05, 0) is 149 Å². The van der Waals surface area contributed by atoms with Crippen LogP contribution in [0.1, 0.15) is 112 Å². The fourth-order valence-electron chi connectivity index (χ4n) is 8.47. The van der Waals surface area contributed by atoms with Gasteiger partial charge in [-0.2, -0.15) is 26.3 Å². The first-order valence-corrected chi connectivity index (χ1v) is 23.3. The molecule has 2 aliphatic carbocycles. The molecule has 2 saturated carbocycles. The number of esters is 2. The number of alkyl halides is 6. The van der Waals surface area contributed by atoms with Gasteiger partial charge in [-0.15, -0.1) is 0 Å². The Morgan fingerprint density at radius 3 is 1.59 bits per heavy atom. The van der Waals surface area contributed by atoms with Crippen LogP contribution < -0.4 is 18.9 Å². The third-order valence-corrected chi connectivity index (χ3v) is 11.9. The molecule has 2 N–H and O–H groups in total. The van der Waals surface area contributed by atoms with Gasteiger partial charge in [0, 0.05) is 33.9 Å². The lowest BCUT2D eigenvalue weighted by Gasteiger charge is -2.19. The number of fused-ring (bicyclic) bond motifs is 2. The third-order valence-electron chi connectivity index (χ3n) is 11.9. The summed E-state index contributed by atoms with van der Waals surface area (Å²) in [7, 11) is 0. The molecule has 69 heavy (non-hydrogen) atoms. The van der Waals surface area contributed by atoms with Crippen molar-refractivity contribution >= 4 is 33.7 Å². The summed E-state index contributed by atoms with van der Waals surface area (Å²) in [6, 6.07) is 20.1. The minimum Gasteiger partial charge on any atom is -0.490 e. The molecule has 10 nitrogen and oxygen atoms in total. The molecule has 2 aromatic heterocycles. The molecule has 6 aromatic rings. The SMILES string of the molecule is CCOC(=O)CCc1[nH]c2ccc(OCc3ccc(OC4CCCC4)c(C(F)(F)F)c3)cc2c1F.CCOC(=O)CCc1cc2cc(OCc3ccc(OC4CCCC4)c(C(F)(F)F)c3)ccc2[nH]1. The van der Waals surface area contributed by atoms with E-state index in [2.05, 4.69) is 9.97 Å². The van der Waals surface area contributed by atoms with Crippen LogP contribution >= 0.6 is 0 Å².